The molecule has 0 radical (unpaired) electrons. The van der Waals surface area contributed by atoms with E-state index in [1.807, 2.05) is 37.3 Å². The van der Waals surface area contributed by atoms with Crippen LogP contribution in [-0.2, 0) is 16.1 Å². The van der Waals surface area contributed by atoms with Crippen LogP contribution in [0, 0.1) is 5.92 Å². The van der Waals surface area contributed by atoms with Crippen LogP contribution in [0.15, 0.2) is 54.6 Å². The van der Waals surface area contributed by atoms with Gasteiger partial charge in [-0.2, -0.15) is 0 Å². The molecule has 4 rings (SSSR count). The van der Waals surface area contributed by atoms with Gasteiger partial charge in [-0.3, -0.25) is 19.4 Å². The van der Waals surface area contributed by atoms with Gasteiger partial charge in [0.1, 0.15) is 0 Å². The van der Waals surface area contributed by atoms with Gasteiger partial charge in [-0.1, -0.05) is 42.5 Å². The fourth-order valence-corrected chi connectivity index (χ4v) is 3.97. The molecule has 2 aliphatic rings. The highest BCUT2D eigenvalue weighted by molar-refractivity contribution is 5.94. The zero-order valence-corrected chi connectivity index (χ0v) is 18.2. The summed E-state index contributed by atoms with van der Waals surface area (Å²) in [6.07, 6.45) is 1.99. The van der Waals surface area contributed by atoms with Crippen LogP contribution >= 0.6 is 0 Å². The van der Waals surface area contributed by atoms with Crippen molar-refractivity contribution in [3.8, 4) is 0 Å². The molecular weight excluding hydrogens is 388 g/mol. The molecule has 2 N–H and O–H groups in total. The second-order valence-corrected chi connectivity index (χ2v) is 8.71. The molecule has 2 aromatic rings. The third-order valence-corrected chi connectivity index (χ3v) is 6.08. The van der Waals surface area contributed by atoms with Crippen molar-refractivity contribution in [2.45, 2.75) is 32.4 Å². The molecule has 0 aromatic heterocycles. The van der Waals surface area contributed by atoms with Crippen molar-refractivity contribution in [1.82, 2.24) is 15.1 Å². The minimum absolute atomic E-state index is 0.0510. The number of hydrogen-bond acceptors (Lipinski definition) is 4. The molecular formula is C25H32N4O2. The summed E-state index contributed by atoms with van der Waals surface area (Å²) >= 11 is 0. The van der Waals surface area contributed by atoms with Gasteiger partial charge >= 0.3 is 0 Å². The van der Waals surface area contributed by atoms with Crippen LogP contribution in [0.4, 0.5) is 5.69 Å². The summed E-state index contributed by atoms with van der Waals surface area (Å²) in [4.78, 5) is 29.1. The van der Waals surface area contributed by atoms with Crippen LogP contribution in [0.2, 0.25) is 0 Å². The molecule has 31 heavy (non-hydrogen) atoms. The van der Waals surface area contributed by atoms with E-state index in [-0.39, 0.29) is 23.8 Å². The molecule has 1 heterocycles. The van der Waals surface area contributed by atoms with E-state index >= 15 is 0 Å². The molecule has 164 valence electrons. The molecule has 1 unspecified atom stereocenters. The third kappa shape index (κ3) is 6.39. The van der Waals surface area contributed by atoms with Crippen molar-refractivity contribution in [2.75, 3.05) is 38.0 Å². The normalized spacial score (nSPS) is 18.4. The van der Waals surface area contributed by atoms with Crippen LogP contribution in [0.3, 0.4) is 0 Å². The average Bonchev–Trinajstić information content (AvgIpc) is 3.62. The third-order valence-electron chi connectivity index (χ3n) is 6.08. The highest BCUT2D eigenvalue weighted by Gasteiger charge is 2.29. The Morgan fingerprint density at radius 1 is 0.935 bits per heavy atom. The lowest BCUT2D eigenvalue weighted by atomic mass is 10.1. The van der Waals surface area contributed by atoms with Crippen molar-refractivity contribution in [1.29, 1.82) is 0 Å². The predicted molar refractivity (Wildman–Crippen MR) is 123 cm³/mol. The van der Waals surface area contributed by atoms with E-state index in [1.54, 1.807) is 0 Å². The highest BCUT2D eigenvalue weighted by Crippen LogP contribution is 2.30. The Bertz CT molecular complexity index is 872. The second kappa shape index (κ2) is 10.1. The Balaban J connectivity index is 1.18. The van der Waals surface area contributed by atoms with Gasteiger partial charge in [-0.25, -0.2) is 0 Å². The molecule has 1 saturated heterocycles. The van der Waals surface area contributed by atoms with E-state index in [4.69, 9.17) is 0 Å². The Labute approximate surface area is 184 Å². The molecule has 1 aliphatic carbocycles. The molecule has 2 amide bonds. The molecule has 0 spiro atoms. The molecule has 2 fully saturated rings. The van der Waals surface area contributed by atoms with Gasteiger partial charge in [-0.15, -0.1) is 0 Å². The maximum Gasteiger partial charge on any atom is 0.234 e. The Morgan fingerprint density at radius 2 is 1.58 bits per heavy atom. The smallest absolute Gasteiger partial charge is 0.234 e. The van der Waals surface area contributed by atoms with Gasteiger partial charge in [-0.05, 0) is 43.0 Å². The van der Waals surface area contributed by atoms with Gasteiger partial charge in [0.2, 0.25) is 11.8 Å². The average molecular weight is 421 g/mol. The molecule has 2 aromatic carbocycles. The summed E-state index contributed by atoms with van der Waals surface area (Å²) < 4.78 is 0. The molecule has 1 aliphatic heterocycles. The minimum atomic E-state index is -0.0694. The fraction of sp³-hybridized carbons (Fsp3) is 0.440. The van der Waals surface area contributed by atoms with E-state index in [9.17, 15) is 9.59 Å². The number of amides is 2. The maximum absolute atomic E-state index is 12.5. The Morgan fingerprint density at radius 3 is 2.23 bits per heavy atom. The fourth-order valence-electron chi connectivity index (χ4n) is 3.97. The number of nitrogens with one attached hydrogen (secondary N) is 2. The Kier molecular flexibility index (Phi) is 6.99. The van der Waals surface area contributed by atoms with E-state index in [1.165, 1.54) is 5.56 Å². The molecule has 1 saturated carbocycles. The van der Waals surface area contributed by atoms with E-state index < -0.39 is 0 Å². The van der Waals surface area contributed by atoms with Crippen molar-refractivity contribution in [3.63, 3.8) is 0 Å². The summed E-state index contributed by atoms with van der Waals surface area (Å²) in [5, 5.41) is 6.05. The first-order valence-electron chi connectivity index (χ1n) is 11.3. The minimum Gasteiger partial charge on any atom is -0.348 e. The SMILES string of the molecule is CC(NC(=O)CN1CCN(Cc2ccccc2)CC1)c1ccc(NC(=O)C2CC2)cc1. The highest BCUT2D eigenvalue weighted by atomic mass is 16.2. The number of hydrogen-bond donors (Lipinski definition) is 2. The summed E-state index contributed by atoms with van der Waals surface area (Å²) in [5.74, 6) is 0.353. The summed E-state index contributed by atoms with van der Waals surface area (Å²) in [7, 11) is 0. The van der Waals surface area contributed by atoms with Gasteiger partial charge in [0.25, 0.3) is 0 Å². The molecule has 1 atom stereocenters. The zero-order chi connectivity index (χ0) is 21.6. The van der Waals surface area contributed by atoms with Gasteiger partial charge in [0.15, 0.2) is 0 Å². The van der Waals surface area contributed by atoms with Gasteiger partial charge in [0, 0.05) is 44.3 Å². The van der Waals surface area contributed by atoms with Crippen LogP contribution in [0.1, 0.15) is 36.9 Å². The van der Waals surface area contributed by atoms with Gasteiger partial charge in [0.05, 0.1) is 12.6 Å². The summed E-state index contributed by atoms with van der Waals surface area (Å²) in [6.45, 7) is 7.16. The second-order valence-electron chi connectivity index (χ2n) is 8.71. The van der Waals surface area contributed by atoms with Crippen LogP contribution in [0.5, 0.6) is 0 Å². The summed E-state index contributed by atoms with van der Waals surface area (Å²) in [5.41, 5.74) is 3.18. The van der Waals surface area contributed by atoms with Crippen LogP contribution < -0.4 is 10.6 Å². The van der Waals surface area contributed by atoms with Crippen molar-refractivity contribution in [2.24, 2.45) is 5.92 Å². The Hall–Kier alpha value is -2.70. The van der Waals surface area contributed by atoms with Crippen molar-refractivity contribution in [3.05, 3.63) is 65.7 Å². The zero-order valence-electron chi connectivity index (χ0n) is 18.2. The number of anilines is 1. The lowest BCUT2D eigenvalue weighted by molar-refractivity contribution is -0.123. The van der Waals surface area contributed by atoms with Crippen LogP contribution in [0.25, 0.3) is 0 Å². The number of carbonyl (C=O) groups excluding carboxylic acids is 2. The maximum atomic E-state index is 12.5. The number of piperazine rings is 1. The number of rotatable bonds is 8. The first-order valence-corrected chi connectivity index (χ1v) is 11.3. The van der Waals surface area contributed by atoms with Gasteiger partial charge < -0.3 is 10.6 Å². The first kappa shape index (κ1) is 21.5. The number of benzene rings is 2. The predicted octanol–water partition coefficient (Wildman–Crippen LogP) is 3.03. The number of carbonyl (C=O) groups is 2. The lowest BCUT2D eigenvalue weighted by Gasteiger charge is -2.34. The lowest BCUT2D eigenvalue weighted by Crippen LogP contribution is -2.49. The van der Waals surface area contributed by atoms with E-state index in [0.717, 1.165) is 56.8 Å². The topological polar surface area (TPSA) is 64.7 Å². The van der Waals surface area contributed by atoms with E-state index in [0.29, 0.717) is 6.54 Å². The van der Waals surface area contributed by atoms with Crippen molar-refractivity contribution >= 4 is 17.5 Å². The number of nitrogens with zero attached hydrogens (tertiary/aromatic N) is 2. The van der Waals surface area contributed by atoms with Crippen molar-refractivity contribution < 1.29 is 9.59 Å². The first-order chi connectivity index (χ1) is 15.1. The molecule has 0 bridgehead atoms. The molecule has 6 nitrogen and oxygen atoms in total. The standard InChI is InChI=1S/C25H32N4O2/c1-19(21-9-11-23(12-10-21)27-25(31)22-7-8-22)26-24(30)18-29-15-13-28(14-16-29)17-20-5-3-2-4-6-20/h2-6,9-12,19,22H,7-8,13-18H2,1H3,(H,26,30)(H,27,31). The summed E-state index contributed by atoms with van der Waals surface area (Å²) in [6, 6.07) is 18.2. The largest absolute Gasteiger partial charge is 0.348 e. The van der Waals surface area contributed by atoms with Crippen LogP contribution in [-0.4, -0.2) is 54.3 Å². The molecule has 6 heteroatoms. The van der Waals surface area contributed by atoms with E-state index in [2.05, 4.69) is 44.7 Å². The quantitative estimate of drug-likeness (QED) is 0.689. The monoisotopic (exact) mass is 420 g/mol.